The maximum absolute atomic E-state index is 12.6. The summed E-state index contributed by atoms with van der Waals surface area (Å²) in [6, 6.07) is 3.62. The third-order valence-corrected chi connectivity index (χ3v) is 5.26. The van der Waals surface area contributed by atoms with Gasteiger partial charge >= 0.3 is 5.97 Å². The van der Waals surface area contributed by atoms with Crippen molar-refractivity contribution in [1.82, 2.24) is 9.62 Å². The van der Waals surface area contributed by atoms with Gasteiger partial charge in [0.1, 0.15) is 6.04 Å². The molecule has 0 aromatic heterocycles. The topological polar surface area (TPSA) is 147 Å². The van der Waals surface area contributed by atoms with Crippen LogP contribution in [0.3, 0.4) is 0 Å². The number of carbonyl (C=O) groups is 2. The number of hydrogen-bond acceptors (Lipinski definition) is 6. The molecule has 25 heavy (non-hydrogen) atoms. The van der Waals surface area contributed by atoms with Gasteiger partial charge in [-0.2, -0.15) is 4.31 Å². The molecule has 1 aromatic carbocycles. The molecule has 1 amide bonds. The minimum absolute atomic E-state index is 0.0353. The van der Waals surface area contributed by atoms with E-state index < -0.39 is 32.7 Å². The van der Waals surface area contributed by atoms with Crippen LogP contribution < -0.4 is 5.32 Å². The van der Waals surface area contributed by atoms with E-state index in [1.165, 1.54) is 38.1 Å². The Hall–Kier alpha value is -2.53. The van der Waals surface area contributed by atoms with Crippen molar-refractivity contribution in [3.63, 3.8) is 0 Å². The first kappa shape index (κ1) is 20.5. The second-order valence-corrected chi connectivity index (χ2v) is 7.21. The Kier molecular flexibility index (Phi) is 7.00. The lowest BCUT2D eigenvalue weighted by Gasteiger charge is -2.25. The maximum atomic E-state index is 12.6. The molecule has 0 spiro atoms. The molecule has 2 N–H and O–H groups in total. The zero-order valence-corrected chi connectivity index (χ0v) is 14.5. The van der Waals surface area contributed by atoms with Crippen molar-refractivity contribution in [2.24, 2.45) is 0 Å². The fourth-order valence-corrected chi connectivity index (χ4v) is 3.77. The van der Waals surface area contributed by atoms with Crippen molar-refractivity contribution < 1.29 is 28.0 Å². The third-order valence-electron chi connectivity index (χ3n) is 3.35. The first-order chi connectivity index (χ1) is 11.5. The number of rotatable bonds is 9. The Morgan fingerprint density at radius 2 is 1.88 bits per heavy atom. The van der Waals surface area contributed by atoms with Crippen LogP contribution in [0.15, 0.2) is 24.3 Å². The van der Waals surface area contributed by atoms with Gasteiger partial charge in [0.05, 0.1) is 10.7 Å². The van der Waals surface area contributed by atoms with Gasteiger partial charge in [0.25, 0.3) is 5.69 Å². The standard InChI is InChI=1S/C14H19N3O7S/c1-10(14(19)20)16(8-7-15-11(2)18)25(23,24)9-12-3-5-13(6-4-12)17(21)22/h3-6,10H,7-9H2,1-2H3,(H,15,18)(H,19,20). The van der Waals surface area contributed by atoms with E-state index in [2.05, 4.69) is 5.32 Å². The quantitative estimate of drug-likeness (QED) is 0.468. The van der Waals surface area contributed by atoms with Gasteiger partial charge in [0, 0.05) is 32.1 Å². The second kappa shape index (κ2) is 8.53. The Bertz CT molecular complexity index is 746. The Morgan fingerprint density at radius 1 is 1.32 bits per heavy atom. The number of nitro groups is 1. The molecule has 0 aliphatic rings. The van der Waals surface area contributed by atoms with Gasteiger partial charge in [-0.05, 0) is 12.5 Å². The minimum Gasteiger partial charge on any atom is -0.480 e. The number of non-ortho nitro benzene ring substituents is 1. The van der Waals surface area contributed by atoms with Gasteiger partial charge in [-0.3, -0.25) is 19.7 Å². The van der Waals surface area contributed by atoms with Crippen LogP contribution in [-0.4, -0.2) is 53.8 Å². The third kappa shape index (κ3) is 6.12. The molecule has 0 heterocycles. The van der Waals surface area contributed by atoms with E-state index in [1.54, 1.807) is 0 Å². The molecule has 138 valence electrons. The highest BCUT2D eigenvalue weighted by Gasteiger charge is 2.31. The van der Waals surface area contributed by atoms with E-state index in [9.17, 15) is 28.1 Å². The van der Waals surface area contributed by atoms with Crippen LogP contribution in [0, 0.1) is 10.1 Å². The summed E-state index contributed by atoms with van der Waals surface area (Å²) in [6.45, 7) is 2.24. The molecule has 1 aromatic rings. The van der Waals surface area contributed by atoms with E-state index >= 15 is 0 Å². The van der Waals surface area contributed by atoms with Gasteiger partial charge in [0.2, 0.25) is 15.9 Å². The number of carboxylic acid groups (broad SMARTS) is 1. The molecule has 0 fully saturated rings. The van der Waals surface area contributed by atoms with Crippen molar-refractivity contribution in [2.75, 3.05) is 13.1 Å². The molecule has 0 bridgehead atoms. The van der Waals surface area contributed by atoms with Gasteiger partial charge in [-0.25, -0.2) is 8.42 Å². The smallest absolute Gasteiger partial charge is 0.321 e. The van der Waals surface area contributed by atoms with Crippen molar-refractivity contribution in [2.45, 2.75) is 25.6 Å². The summed E-state index contributed by atoms with van der Waals surface area (Å²) in [5.41, 5.74) is 0.107. The predicted octanol–water partition coefficient (Wildman–Crippen LogP) is 0.336. The van der Waals surface area contributed by atoms with E-state index in [4.69, 9.17) is 5.11 Å². The van der Waals surface area contributed by atoms with Crippen LogP contribution in [0.1, 0.15) is 19.4 Å². The number of nitrogens with zero attached hydrogens (tertiary/aromatic N) is 2. The Labute approximate surface area is 144 Å². The number of nitrogens with one attached hydrogen (secondary N) is 1. The zero-order chi connectivity index (χ0) is 19.2. The molecular weight excluding hydrogens is 354 g/mol. The highest BCUT2D eigenvalue weighted by molar-refractivity contribution is 7.88. The Morgan fingerprint density at radius 3 is 2.32 bits per heavy atom. The largest absolute Gasteiger partial charge is 0.480 e. The van der Waals surface area contributed by atoms with E-state index in [1.807, 2.05) is 0 Å². The molecule has 0 aliphatic carbocycles. The van der Waals surface area contributed by atoms with Crippen LogP contribution in [0.25, 0.3) is 0 Å². The number of amides is 1. The fourth-order valence-electron chi connectivity index (χ4n) is 2.05. The molecule has 1 unspecified atom stereocenters. The summed E-state index contributed by atoms with van der Waals surface area (Å²) in [7, 11) is -4.02. The number of hydrogen-bond donors (Lipinski definition) is 2. The molecule has 0 saturated heterocycles. The summed E-state index contributed by atoms with van der Waals surface area (Å²) in [4.78, 5) is 32.1. The lowest BCUT2D eigenvalue weighted by molar-refractivity contribution is -0.384. The van der Waals surface area contributed by atoms with Crippen LogP contribution >= 0.6 is 0 Å². The summed E-state index contributed by atoms with van der Waals surface area (Å²) in [5, 5.41) is 22.2. The summed E-state index contributed by atoms with van der Waals surface area (Å²) >= 11 is 0. The molecule has 10 nitrogen and oxygen atoms in total. The Balaban J connectivity index is 2.98. The average Bonchev–Trinajstić information content (AvgIpc) is 2.50. The summed E-state index contributed by atoms with van der Waals surface area (Å²) in [5.74, 6) is -2.20. The number of carboxylic acids is 1. The van der Waals surface area contributed by atoms with Gasteiger partial charge < -0.3 is 10.4 Å². The van der Waals surface area contributed by atoms with Gasteiger partial charge in [0.15, 0.2) is 0 Å². The first-order valence-electron chi connectivity index (χ1n) is 7.24. The summed E-state index contributed by atoms with van der Waals surface area (Å²) in [6.07, 6.45) is 0. The van der Waals surface area contributed by atoms with Crippen LogP contribution in [0.4, 0.5) is 5.69 Å². The average molecular weight is 373 g/mol. The molecule has 1 rings (SSSR count). The minimum atomic E-state index is -4.02. The first-order valence-corrected chi connectivity index (χ1v) is 8.85. The molecule has 1 atom stereocenters. The van der Waals surface area contributed by atoms with E-state index in [-0.39, 0.29) is 30.2 Å². The van der Waals surface area contributed by atoms with Crippen molar-refractivity contribution >= 4 is 27.6 Å². The molecule has 11 heteroatoms. The number of carbonyl (C=O) groups excluding carboxylic acids is 1. The van der Waals surface area contributed by atoms with Crippen LogP contribution in [-0.2, 0) is 25.4 Å². The maximum Gasteiger partial charge on any atom is 0.321 e. The van der Waals surface area contributed by atoms with Gasteiger partial charge in [-0.15, -0.1) is 0 Å². The zero-order valence-electron chi connectivity index (χ0n) is 13.7. The second-order valence-electron chi connectivity index (χ2n) is 5.29. The highest BCUT2D eigenvalue weighted by atomic mass is 32.2. The number of benzene rings is 1. The van der Waals surface area contributed by atoms with Crippen LogP contribution in [0.5, 0.6) is 0 Å². The van der Waals surface area contributed by atoms with Crippen LogP contribution in [0.2, 0.25) is 0 Å². The van der Waals surface area contributed by atoms with E-state index in [0.29, 0.717) is 0 Å². The number of sulfonamides is 1. The van der Waals surface area contributed by atoms with Crippen molar-refractivity contribution in [3.05, 3.63) is 39.9 Å². The van der Waals surface area contributed by atoms with Gasteiger partial charge in [-0.1, -0.05) is 12.1 Å². The number of aliphatic carboxylic acids is 1. The highest BCUT2D eigenvalue weighted by Crippen LogP contribution is 2.17. The van der Waals surface area contributed by atoms with Crippen molar-refractivity contribution in [3.8, 4) is 0 Å². The predicted molar refractivity (Wildman–Crippen MR) is 88.2 cm³/mol. The molecule has 0 saturated carbocycles. The number of nitro benzene ring substituents is 1. The molecule has 0 aliphatic heterocycles. The molecular formula is C14H19N3O7S. The normalized spacial score (nSPS) is 12.6. The summed E-state index contributed by atoms with van der Waals surface area (Å²) < 4.78 is 25.9. The SMILES string of the molecule is CC(=O)NCCN(C(C)C(=O)O)S(=O)(=O)Cc1ccc([N+](=O)[O-])cc1. The lowest BCUT2D eigenvalue weighted by atomic mass is 10.2. The van der Waals surface area contributed by atoms with E-state index in [0.717, 1.165) is 4.31 Å². The molecule has 0 radical (unpaired) electrons. The monoisotopic (exact) mass is 373 g/mol. The lowest BCUT2D eigenvalue weighted by Crippen LogP contribution is -2.47. The fraction of sp³-hybridized carbons (Fsp3) is 0.429. The van der Waals surface area contributed by atoms with Crippen molar-refractivity contribution in [1.29, 1.82) is 0 Å².